The smallest absolute Gasteiger partial charge is 0.265 e. The van der Waals surface area contributed by atoms with Gasteiger partial charge in [-0.2, -0.15) is 5.10 Å². The van der Waals surface area contributed by atoms with Crippen LogP contribution in [0.4, 0.5) is 5.69 Å². The van der Waals surface area contributed by atoms with Crippen LogP contribution in [0.3, 0.4) is 0 Å². The fourth-order valence-electron chi connectivity index (χ4n) is 3.24. The number of anilines is 1. The summed E-state index contributed by atoms with van der Waals surface area (Å²) >= 11 is 7.36. The highest BCUT2D eigenvalue weighted by molar-refractivity contribution is 7.92. The molecule has 8 heteroatoms. The maximum absolute atomic E-state index is 13.0. The molecule has 26 heavy (non-hydrogen) atoms. The minimum atomic E-state index is -3.76. The number of benzene rings is 1. The molecule has 0 atom stereocenters. The van der Waals surface area contributed by atoms with Crippen molar-refractivity contribution in [3.63, 3.8) is 0 Å². The third-order valence-electron chi connectivity index (χ3n) is 4.54. The van der Waals surface area contributed by atoms with Crippen LogP contribution in [0.2, 0.25) is 5.02 Å². The van der Waals surface area contributed by atoms with Gasteiger partial charge in [0, 0.05) is 16.9 Å². The number of nitrogens with one attached hydrogen (secondary N) is 1. The molecule has 0 unspecified atom stereocenters. The molecule has 0 bridgehead atoms. The summed E-state index contributed by atoms with van der Waals surface area (Å²) in [5.41, 5.74) is 0.980. The zero-order valence-corrected chi connectivity index (χ0v) is 16.3. The second-order valence-electron chi connectivity index (χ2n) is 6.35. The largest absolute Gasteiger partial charge is 0.280 e. The summed E-state index contributed by atoms with van der Waals surface area (Å²) < 4.78 is 30.5. The molecule has 1 saturated carbocycles. The molecule has 1 aliphatic carbocycles. The van der Waals surface area contributed by atoms with E-state index in [1.54, 1.807) is 30.5 Å². The average Bonchev–Trinajstić information content (AvgIpc) is 3.36. The first-order valence-electron chi connectivity index (χ1n) is 8.44. The molecule has 2 heterocycles. The van der Waals surface area contributed by atoms with Gasteiger partial charge >= 0.3 is 0 Å². The summed E-state index contributed by atoms with van der Waals surface area (Å²) in [6, 6.07) is 10.7. The number of nitrogens with zero attached hydrogens (tertiary/aromatic N) is 2. The van der Waals surface area contributed by atoms with Crippen molar-refractivity contribution in [2.45, 2.75) is 36.6 Å². The second kappa shape index (κ2) is 7.06. The lowest BCUT2D eigenvalue weighted by Gasteiger charge is -2.09. The van der Waals surface area contributed by atoms with Crippen LogP contribution in [0.5, 0.6) is 0 Å². The molecular weight excluding hydrogens is 390 g/mol. The molecule has 0 aliphatic heterocycles. The van der Waals surface area contributed by atoms with E-state index in [2.05, 4.69) is 9.82 Å². The van der Waals surface area contributed by atoms with E-state index in [1.807, 2.05) is 22.2 Å². The van der Waals surface area contributed by atoms with Crippen molar-refractivity contribution < 1.29 is 8.42 Å². The van der Waals surface area contributed by atoms with E-state index in [-0.39, 0.29) is 10.9 Å². The van der Waals surface area contributed by atoms with Crippen LogP contribution in [0, 0.1) is 0 Å². The van der Waals surface area contributed by atoms with E-state index in [9.17, 15) is 8.42 Å². The molecule has 0 amide bonds. The Morgan fingerprint density at radius 3 is 2.54 bits per heavy atom. The normalized spacial score (nSPS) is 15.4. The van der Waals surface area contributed by atoms with Crippen LogP contribution in [0.15, 0.2) is 52.9 Å². The van der Waals surface area contributed by atoms with Gasteiger partial charge in [-0.25, -0.2) is 8.42 Å². The molecule has 1 fully saturated rings. The number of hydrogen-bond donors (Lipinski definition) is 1. The van der Waals surface area contributed by atoms with Crippen molar-refractivity contribution in [1.82, 2.24) is 9.78 Å². The van der Waals surface area contributed by atoms with Gasteiger partial charge in [0.15, 0.2) is 0 Å². The fraction of sp³-hybridized carbons (Fsp3) is 0.278. The van der Waals surface area contributed by atoms with Crippen LogP contribution < -0.4 is 4.72 Å². The van der Waals surface area contributed by atoms with Crippen molar-refractivity contribution >= 4 is 38.6 Å². The van der Waals surface area contributed by atoms with Gasteiger partial charge in [0.2, 0.25) is 0 Å². The lowest BCUT2D eigenvalue weighted by molar-refractivity contribution is 0.467. The quantitative estimate of drug-likeness (QED) is 0.633. The Hall–Kier alpha value is -1.83. The molecule has 0 spiro atoms. The molecule has 136 valence electrons. The number of aromatic nitrogens is 2. The number of sulfonamides is 1. The van der Waals surface area contributed by atoms with Gasteiger partial charge in [-0.1, -0.05) is 30.5 Å². The van der Waals surface area contributed by atoms with E-state index in [0.717, 1.165) is 30.6 Å². The van der Waals surface area contributed by atoms with Crippen LogP contribution in [0.25, 0.3) is 10.6 Å². The summed E-state index contributed by atoms with van der Waals surface area (Å²) in [6.45, 7) is 0. The first-order valence-corrected chi connectivity index (χ1v) is 11.2. The van der Waals surface area contributed by atoms with E-state index in [0.29, 0.717) is 16.4 Å². The number of halogens is 1. The zero-order valence-electron chi connectivity index (χ0n) is 13.9. The molecule has 5 nitrogen and oxygen atoms in total. The molecular formula is C18H18ClN3O2S2. The number of thiophene rings is 1. The lowest BCUT2D eigenvalue weighted by atomic mass is 10.3. The number of hydrogen-bond acceptors (Lipinski definition) is 4. The van der Waals surface area contributed by atoms with Crippen molar-refractivity contribution in [3.05, 3.63) is 53.0 Å². The standard InChI is InChI=1S/C18H18ClN3O2S2/c19-13-7-9-14(10-8-13)21-26(23,24)17-12-22(15-4-1-2-5-15)20-18(17)16-6-3-11-25-16/h3,6-12,15,21H,1-2,4-5H2. The van der Waals surface area contributed by atoms with Crippen LogP contribution in [-0.2, 0) is 10.0 Å². The third kappa shape index (κ3) is 3.51. The predicted molar refractivity (Wildman–Crippen MR) is 105 cm³/mol. The van der Waals surface area contributed by atoms with Crippen molar-refractivity contribution in [2.24, 2.45) is 0 Å². The number of rotatable bonds is 5. The van der Waals surface area contributed by atoms with E-state index >= 15 is 0 Å². The third-order valence-corrected chi connectivity index (χ3v) is 7.05. The lowest BCUT2D eigenvalue weighted by Crippen LogP contribution is -2.13. The Morgan fingerprint density at radius 2 is 1.88 bits per heavy atom. The second-order valence-corrected chi connectivity index (χ2v) is 9.38. The Labute approximate surface area is 161 Å². The van der Waals surface area contributed by atoms with Crippen molar-refractivity contribution in [2.75, 3.05) is 4.72 Å². The Balaban J connectivity index is 1.74. The topological polar surface area (TPSA) is 64.0 Å². The van der Waals surface area contributed by atoms with E-state index in [1.165, 1.54) is 11.3 Å². The predicted octanol–water partition coefficient (Wildman–Crippen LogP) is 5.18. The minimum Gasteiger partial charge on any atom is -0.280 e. The summed E-state index contributed by atoms with van der Waals surface area (Å²) in [5.74, 6) is 0. The SMILES string of the molecule is O=S(=O)(Nc1ccc(Cl)cc1)c1cn(C2CCCC2)nc1-c1cccs1. The van der Waals surface area contributed by atoms with Gasteiger partial charge < -0.3 is 0 Å². The minimum absolute atomic E-state index is 0.210. The maximum atomic E-state index is 13.0. The van der Waals surface area contributed by atoms with Gasteiger partial charge in [0.1, 0.15) is 10.6 Å². The molecule has 0 radical (unpaired) electrons. The first kappa shape index (κ1) is 17.6. The summed E-state index contributed by atoms with van der Waals surface area (Å²) in [4.78, 5) is 1.06. The summed E-state index contributed by atoms with van der Waals surface area (Å²) in [6.07, 6.45) is 6.06. The zero-order chi connectivity index (χ0) is 18.1. The molecule has 1 aromatic carbocycles. The van der Waals surface area contributed by atoms with Gasteiger partial charge in [-0.3, -0.25) is 9.40 Å². The highest BCUT2D eigenvalue weighted by Gasteiger charge is 2.27. The van der Waals surface area contributed by atoms with Crippen LogP contribution in [-0.4, -0.2) is 18.2 Å². The van der Waals surface area contributed by atoms with Gasteiger partial charge in [-0.05, 0) is 48.6 Å². The monoisotopic (exact) mass is 407 g/mol. The highest BCUT2D eigenvalue weighted by Crippen LogP contribution is 2.35. The Morgan fingerprint density at radius 1 is 1.15 bits per heavy atom. The van der Waals surface area contributed by atoms with Crippen LogP contribution >= 0.6 is 22.9 Å². The van der Waals surface area contributed by atoms with Gasteiger partial charge in [-0.15, -0.1) is 11.3 Å². The van der Waals surface area contributed by atoms with Crippen LogP contribution in [0.1, 0.15) is 31.7 Å². The molecule has 1 N–H and O–H groups in total. The summed E-state index contributed by atoms with van der Waals surface area (Å²) in [7, 11) is -3.76. The molecule has 1 aliphatic rings. The van der Waals surface area contributed by atoms with E-state index < -0.39 is 10.0 Å². The Kier molecular flexibility index (Phi) is 4.77. The summed E-state index contributed by atoms with van der Waals surface area (Å²) in [5, 5.41) is 7.12. The fourth-order valence-corrected chi connectivity index (χ4v) is 5.36. The molecule has 4 rings (SSSR count). The maximum Gasteiger partial charge on any atom is 0.265 e. The highest BCUT2D eigenvalue weighted by atomic mass is 35.5. The van der Waals surface area contributed by atoms with Crippen molar-refractivity contribution in [3.8, 4) is 10.6 Å². The van der Waals surface area contributed by atoms with Crippen molar-refractivity contribution in [1.29, 1.82) is 0 Å². The molecule has 3 aromatic rings. The Bertz CT molecular complexity index is 990. The average molecular weight is 408 g/mol. The molecule has 2 aromatic heterocycles. The van der Waals surface area contributed by atoms with Gasteiger partial charge in [0.05, 0.1) is 10.9 Å². The molecule has 0 saturated heterocycles. The van der Waals surface area contributed by atoms with Gasteiger partial charge in [0.25, 0.3) is 10.0 Å². The van der Waals surface area contributed by atoms with E-state index in [4.69, 9.17) is 11.6 Å². The first-order chi connectivity index (χ1) is 12.5.